The predicted octanol–water partition coefficient (Wildman–Crippen LogP) is 2.77. The molecule has 0 fully saturated rings. The molecule has 4 nitrogen and oxygen atoms in total. The summed E-state index contributed by atoms with van der Waals surface area (Å²) in [5, 5.41) is 5.21. The Morgan fingerprint density at radius 1 is 1.09 bits per heavy atom. The van der Waals surface area contributed by atoms with Crippen LogP contribution in [0.5, 0.6) is 0 Å². The van der Waals surface area contributed by atoms with Crippen LogP contribution in [0.25, 0.3) is 0 Å². The van der Waals surface area contributed by atoms with Crippen molar-refractivity contribution in [2.24, 2.45) is 5.92 Å². The molecule has 0 unspecified atom stereocenters. The van der Waals surface area contributed by atoms with Gasteiger partial charge in [0.05, 0.1) is 0 Å². The summed E-state index contributed by atoms with van der Waals surface area (Å²) in [4.78, 5) is 23.4. The van der Waals surface area contributed by atoms with Crippen molar-refractivity contribution in [1.29, 1.82) is 0 Å². The second-order valence-electron chi connectivity index (χ2n) is 5.44. The van der Waals surface area contributed by atoms with Crippen molar-refractivity contribution in [2.75, 3.05) is 6.54 Å². The lowest BCUT2D eigenvalue weighted by molar-refractivity contribution is -0.139. The average molecular weight is 308 g/mol. The summed E-state index contributed by atoms with van der Waals surface area (Å²) in [5.74, 6) is -1.19. The monoisotopic (exact) mass is 308 g/mol. The summed E-state index contributed by atoms with van der Waals surface area (Å²) in [6.07, 6.45) is 4.30. The molecule has 0 bridgehead atoms. The van der Waals surface area contributed by atoms with Gasteiger partial charge in [-0.3, -0.25) is 9.59 Å². The van der Waals surface area contributed by atoms with Crippen molar-refractivity contribution in [3.05, 3.63) is 35.6 Å². The first-order chi connectivity index (χ1) is 10.6. The normalized spacial score (nSPS) is 11.8. The van der Waals surface area contributed by atoms with Gasteiger partial charge in [-0.2, -0.15) is 0 Å². The predicted molar refractivity (Wildman–Crippen MR) is 84.6 cm³/mol. The van der Waals surface area contributed by atoms with E-state index in [1.165, 1.54) is 12.1 Å². The molecule has 0 aliphatic rings. The minimum Gasteiger partial charge on any atom is -0.348 e. The van der Waals surface area contributed by atoms with Gasteiger partial charge in [-0.05, 0) is 30.0 Å². The van der Waals surface area contributed by atoms with Crippen molar-refractivity contribution < 1.29 is 14.0 Å². The van der Waals surface area contributed by atoms with Crippen LogP contribution in [0.4, 0.5) is 4.39 Å². The van der Waals surface area contributed by atoms with Crippen molar-refractivity contribution in [3.63, 3.8) is 0 Å². The molecule has 0 heterocycles. The first-order valence-corrected chi connectivity index (χ1v) is 7.87. The fraction of sp³-hybridized carbons (Fsp3) is 0.529. The fourth-order valence-corrected chi connectivity index (χ4v) is 2.13. The van der Waals surface area contributed by atoms with E-state index in [-0.39, 0.29) is 12.4 Å². The van der Waals surface area contributed by atoms with E-state index in [0.29, 0.717) is 12.5 Å². The molecular weight excluding hydrogens is 283 g/mol. The number of carbonyl (C=O) groups excluding carboxylic acids is 2. The van der Waals surface area contributed by atoms with E-state index >= 15 is 0 Å². The number of nitrogens with one attached hydrogen (secondary N) is 2. The molecule has 2 N–H and O–H groups in total. The van der Waals surface area contributed by atoms with Crippen molar-refractivity contribution in [3.8, 4) is 0 Å². The SMILES string of the molecule is CCCC[C@@H](CC)CNC(=O)C(=O)NCc1ccc(F)cc1. The van der Waals surface area contributed by atoms with E-state index in [4.69, 9.17) is 0 Å². The molecule has 0 aliphatic carbocycles. The number of benzene rings is 1. The van der Waals surface area contributed by atoms with Gasteiger partial charge in [0.15, 0.2) is 0 Å². The number of unbranched alkanes of at least 4 members (excludes halogenated alkanes) is 1. The van der Waals surface area contributed by atoms with Gasteiger partial charge in [0.1, 0.15) is 5.82 Å². The van der Waals surface area contributed by atoms with Crippen LogP contribution >= 0.6 is 0 Å². The highest BCUT2D eigenvalue weighted by atomic mass is 19.1. The van der Waals surface area contributed by atoms with Gasteiger partial charge in [-0.15, -0.1) is 0 Å². The minimum absolute atomic E-state index is 0.208. The lowest BCUT2D eigenvalue weighted by Gasteiger charge is -2.15. The van der Waals surface area contributed by atoms with Gasteiger partial charge in [-0.1, -0.05) is 45.2 Å². The summed E-state index contributed by atoms with van der Waals surface area (Å²) >= 11 is 0. The van der Waals surface area contributed by atoms with E-state index in [9.17, 15) is 14.0 Å². The molecule has 0 aromatic heterocycles. The molecule has 1 atom stereocenters. The molecule has 5 heteroatoms. The average Bonchev–Trinajstić information content (AvgIpc) is 2.54. The summed E-state index contributed by atoms with van der Waals surface area (Å²) in [6, 6.07) is 5.79. The van der Waals surface area contributed by atoms with Crippen LogP contribution in [-0.4, -0.2) is 18.4 Å². The molecular formula is C17H25FN2O2. The first kappa shape index (κ1) is 18.1. The maximum Gasteiger partial charge on any atom is 0.309 e. The van der Waals surface area contributed by atoms with E-state index in [0.717, 1.165) is 31.2 Å². The minimum atomic E-state index is -0.658. The van der Waals surface area contributed by atoms with Gasteiger partial charge >= 0.3 is 11.8 Å². The Bertz CT molecular complexity index is 474. The smallest absolute Gasteiger partial charge is 0.309 e. The number of halogens is 1. The lowest BCUT2D eigenvalue weighted by atomic mass is 9.99. The van der Waals surface area contributed by atoms with E-state index < -0.39 is 11.8 Å². The summed E-state index contributed by atoms with van der Waals surface area (Å²) in [6.45, 7) is 4.95. The zero-order chi connectivity index (χ0) is 16.4. The Labute approximate surface area is 131 Å². The summed E-state index contributed by atoms with van der Waals surface area (Å²) < 4.78 is 12.8. The standard InChI is InChI=1S/C17H25FN2O2/c1-3-5-6-13(4-2)11-19-16(21)17(22)20-12-14-7-9-15(18)10-8-14/h7-10,13H,3-6,11-12H2,1-2H3,(H,19,21)(H,20,22)/t13-/m1/s1. The maximum atomic E-state index is 12.8. The van der Waals surface area contributed by atoms with Crippen LogP contribution in [0.2, 0.25) is 0 Å². The topological polar surface area (TPSA) is 58.2 Å². The summed E-state index contributed by atoms with van der Waals surface area (Å²) in [5.41, 5.74) is 0.747. The van der Waals surface area contributed by atoms with Gasteiger partial charge in [0.2, 0.25) is 0 Å². The molecule has 0 saturated carbocycles. The molecule has 2 amide bonds. The van der Waals surface area contributed by atoms with Crippen LogP contribution in [-0.2, 0) is 16.1 Å². The molecule has 0 spiro atoms. The Kier molecular flexibility index (Phi) is 8.18. The molecule has 1 rings (SSSR count). The molecule has 1 aromatic rings. The third-order valence-electron chi connectivity index (χ3n) is 3.67. The van der Waals surface area contributed by atoms with Crippen molar-refractivity contribution in [1.82, 2.24) is 10.6 Å². The van der Waals surface area contributed by atoms with Crippen LogP contribution < -0.4 is 10.6 Å². The highest BCUT2D eigenvalue weighted by molar-refractivity contribution is 6.35. The third-order valence-corrected chi connectivity index (χ3v) is 3.67. The lowest BCUT2D eigenvalue weighted by Crippen LogP contribution is -2.41. The molecule has 22 heavy (non-hydrogen) atoms. The molecule has 0 saturated heterocycles. The van der Waals surface area contributed by atoms with Crippen LogP contribution in [0, 0.1) is 11.7 Å². The third kappa shape index (κ3) is 6.70. The quantitative estimate of drug-likeness (QED) is 0.726. The zero-order valence-corrected chi connectivity index (χ0v) is 13.3. The number of hydrogen-bond donors (Lipinski definition) is 2. The Hall–Kier alpha value is -1.91. The van der Waals surface area contributed by atoms with E-state index in [2.05, 4.69) is 24.5 Å². The highest BCUT2D eigenvalue weighted by Gasteiger charge is 2.14. The van der Waals surface area contributed by atoms with Crippen molar-refractivity contribution in [2.45, 2.75) is 46.1 Å². The summed E-state index contributed by atoms with van der Waals surface area (Å²) in [7, 11) is 0. The van der Waals surface area contributed by atoms with Crippen molar-refractivity contribution >= 4 is 11.8 Å². The van der Waals surface area contributed by atoms with Gasteiger partial charge in [0.25, 0.3) is 0 Å². The largest absolute Gasteiger partial charge is 0.348 e. The maximum absolute atomic E-state index is 12.8. The van der Waals surface area contributed by atoms with Gasteiger partial charge in [-0.25, -0.2) is 4.39 Å². The Morgan fingerprint density at radius 3 is 2.32 bits per heavy atom. The van der Waals surface area contributed by atoms with Crippen LogP contribution in [0.1, 0.15) is 45.1 Å². The number of amides is 2. The second-order valence-corrected chi connectivity index (χ2v) is 5.44. The Balaban J connectivity index is 2.32. The molecule has 1 aromatic carbocycles. The van der Waals surface area contributed by atoms with E-state index in [1.54, 1.807) is 12.1 Å². The number of hydrogen-bond acceptors (Lipinski definition) is 2. The molecule has 122 valence electrons. The van der Waals surface area contributed by atoms with E-state index in [1.807, 2.05) is 0 Å². The van der Waals surface area contributed by atoms with Crippen LogP contribution in [0.15, 0.2) is 24.3 Å². The molecule has 0 radical (unpaired) electrons. The number of carbonyl (C=O) groups is 2. The zero-order valence-electron chi connectivity index (χ0n) is 13.3. The molecule has 0 aliphatic heterocycles. The van der Waals surface area contributed by atoms with Gasteiger partial charge < -0.3 is 10.6 Å². The highest BCUT2D eigenvalue weighted by Crippen LogP contribution is 2.11. The number of rotatable bonds is 8. The first-order valence-electron chi connectivity index (χ1n) is 7.87. The Morgan fingerprint density at radius 2 is 1.73 bits per heavy atom. The van der Waals surface area contributed by atoms with Gasteiger partial charge in [0, 0.05) is 13.1 Å². The van der Waals surface area contributed by atoms with Crippen LogP contribution in [0.3, 0.4) is 0 Å². The fourth-order valence-electron chi connectivity index (χ4n) is 2.13. The second kappa shape index (κ2) is 9.92.